The Morgan fingerprint density at radius 2 is 1.88 bits per heavy atom. The molecule has 3 aromatic rings. The van der Waals surface area contributed by atoms with Gasteiger partial charge in [0.05, 0.1) is 26.0 Å². The lowest BCUT2D eigenvalue weighted by atomic mass is 10.1. The van der Waals surface area contributed by atoms with E-state index in [1.807, 2.05) is 54.0 Å². The number of likely N-dealkylation sites (N-methyl/N-ethyl adjacent to an activating group) is 1. The molecule has 5 nitrogen and oxygen atoms in total. The molecule has 0 fully saturated rings. The summed E-state index contributed by atoms with van der Waals surface area (Å²) in [6.45, 7) is 1.78. The van der Waals surface area contributed by atoms with Crippen molar-refractivity contribution in [1.29, 1.82) is 0 Å². The lowest BCUT2D eigenvalue weighted by Crippen LogP contribution is -2.42. The van der Waals surface area contributed by atoms with E-state index in [2.05, 4.69) is 28.5 Å². The number of halogens is 1. The number of nitrogens with zero attached hydrogens (tertiary/aromatic N) is 2. The summed E-state index contributed by atoms with van der Waals surface area (Å²) < 4.78 is 10.7. The highest BCUT2D eigenvalue weighted by Gasteiger charge is 2.31. The average molecular weight is 503 g/mol. The minimum Gasteiger partial charge on any atom is -0.493 e. The van der Waals surface area contributed by atoms with Gasteiger partial charge in [-0.3, -0.25) is 9.69 Å². The highest BCUT2D eigenvalue weighted by Crippen LogP contribution is 2.48. The highest BCUT2D eigenvalue weighted by molar-refractivity contribution is 8.00. The zero-order valence-electron chi connectivity index (χ0n) is 18.9. The lowest BCUT2D eigenvalue weighted by molar-refractivity contribution is -0.119. The van der Waals surface area contributed by atoms with E-state index in [1.54, 1.807) is 25.6 Å². The molecule has 1 aliphatic heterocycles. The molecular weight excluding hydrogens is 476 g/mol. The summed E-state index contributed by atoms with van der Waals surface area (Å²) in [5, 5.41) is 4.01. The maximum atomic E-state index is 13.3. The van der Waals surface area contributed by atoms with Crippen LogP contribution in [-0.4, -0.2) is 51.7 Å². The third-order valence-corrected chi connectivity index (χ3v) is 8.26. The van der Waals surface area contributed by atoms with Gasteiger partial charge in [-0.1, -0.05) is 29.8 Å². The monoisotopic (exact) mass is 502 g/mol. The molecule has 174 valence electrons. The van der Waals surface area contributed by atoms with Gasteiger partial charge in [0, 0.05) is 23.0 Å². The van der Waals surface area contributed by atoms with Crippen LogP contribution in [0.1, 0.15) is 16.4 Å². The van der Waals surface area contributed by atoms with E-state index < -0.39 is 0 Å². The molecule has 0 radical (unpaired) electrons. The summed E-state index contributed by atoms with van der Waals surface area (Å²) in [6, 6.07) is 16.0. The summed E-state index contributed by atoms with van der Waals surface area (Å²) in [7, 11) is 5.26. The molecule has 0 saturated heterocycles. The molecule has 0 spiro atoms. The van der Waals surface area contributed by atoms with Crippen molar-refractivity contribution in [2.75, 3.05) is 45.8 Å². The molecule has 0 N–H and O–H groups in total. The minimum atomic E-state index is 0.118. The zero-order chi connectivity index (χ0) is 23.4. The fourth-order valence-corrected chi connectivity index (χ4v) is 6.34. The van der Waals surface area contributed by atoms with Crippen molar-refractivity contribution in [2.45, 2.75) is 16.6 Å². The standard InChI is InChI=1S/C25H27ClN2O3S2/c1-27(12-10-17-4-9-20(30-2)21(14-17)31-3)16-24(29)28-15-23(18-5-7-19(26)8-6-18)33-22-11-13-32-25(22)28/h4-9,11,13-14,23H,10,12,15-16H2,1-3H3. The van der Waals surface area contributed by atoms with Gasteiger partial charge in [0.1, 0.15) is 5.00 Å². The second-order valence-corrected chi connectivity index (χ2v) is 10.5. The van der Waals surface area contributed by atoms with E-state index in [0.29, 0.717) is 13.1 Å². The van der Waals surface area contributed by atoms with Crippen LogP contribution >= 0.6 is 34.7 Å². The Balaban J connectivity index is 1.40. The number of thioether (sulfide) groups is 1. The molecule has 1 amide bonds. The maximum Gasteiger partial charge on any atom is 0.241 e. The van der Waals surface area contributed by atoms with E-state index in [-0.39, 0.29) is 11.2 Å². The largest absolute Gasteiger partial charge is 0.493 e. The quantitative estimate of drug-likeness (QED) is 0.391. The zero-order valence-corrected chi connectivity index (χ0v) is 21.3. The SMILES string of the molecule is COc1ccc(CCN(C)CC(=O)N2CC(c3ccc(Cl)cc3)Sc3ccsc32)cc1OC. The van der Waals surface area contributed by atoms with Gasteiger partial charge in [0.2, 0.25) is 5.91 Å². The second kappa shape index (κ2) is 10.8. The number of hydrogen-bond donors (Lipinski definition) is 0. The molecule has 0 bridgehead atoms. The number of methoxy groups -OCH3 is 2. The van der Waals surface area contributed by atoms with Crippen molar-refractivity contribution in [3.8, 4) is 11.5 Å². The van der Waals surface area contributed by atoms with Crippen LogP contribution in [0.15, 0.2) is 58.8 Å². The molecule has 1 aliphatic rings. The molecule has 1 atom stereocenters. The smallest absolute Gasteiger partial charge is 0.241 e. The number of hydrogen-bond acceptors (Lipinski definition) is 6. The molecule has 0 aliphatic carbocycles. The number of rotatable bonds is 8. The van der Waals surface area contributed by atoms with Gasteiger partial charge in [-0.2, -0.15) is 0 Å². The van der Waals surface area contributed by atoms with Gasteiger partial charge >= 0.3 is 0 Å². The lowest BCUT2D eigenvalue weighted by Gasteiger charge is -2.33. The van der Waals surface area contributed by atoms with Crippen molar-refractivity contribution >= 4 is 45.6 Å². The predicted octanol–water partition coefficient (Wildman–Crippen LogP) is 5.77. The third kappa shape index (κ3) is 5.66. The van der Waals surface area contributed by atoms with E-state index in [0.717, 1.165) is 44.9 Å². The number of carbonyl (C=O) groups is 1. The fourth-order valence-electron chi connectivity index (χ4n) is 3.83. The van der Waals surface area contributed by atoms with E-state index in [4.69, 9.17) is 21.1 Å². The van der Waals surface area contributed by atoms with Gasteiger partial charge < -0.3 is 14.4 Å². The van der Waals surface area contributed by atoms with E-state index >= 15 is 0 Å². The number of amides is 1. The van der Waals surface area contributed by atoms with Crippen LogP contribution in [0.5, 0.6) is 11.5 Å². The van der Waals surface area contributed by atoms with Crippen molar-refractivity contribution < 1.29 is 14.3 Å². The number of anilines is 1. The average Bonchev–Trinajstić information content (AvgIpc) is 3.31. The Kier molecular flexibility index (Phi) is 7.86. The minimum absolute atomic E-state index is 0.118. The molecule has 4 rings (SSSR count). The van der Waals surface area contributed by atoms with Gasteiger partial charge in [-0.25, -0.2) is 0 Å². The Morgan fingerprint density at radius 3 is 2.61 bits per heavy atom. The number of benzene rings is 2. The normalized spacial score (nSPS) is 15.4. The van der Waals surface area contributed by atoms with Crippen molar-refractivity contribution in [3.63, 3.8) is 0 Å². The van der Waals surface area contributed by atoms with Crippen molar-refractivity contribution in [1.82, 2.24) is 4.90 Å². The maximum absolute atomic E-state index is 13.3. The fraction of sp³-hybridized carbons (Fsp3) is 0.320. The van der Waals surface area contributed by atoms with Crippen LogP contribution in [0.3, 0.4) is 0 Å². The predicted molar refractivity (Wildman–Crippen MR) is 137 cm³/mol. The third-order valence-electron chi connectivity index (χ3n) is 5.65. The molecule has 33 heavy (non-hydrogen) atoms. The Labute approximate surface area is 208 Å². The summed E-state index contributed by atoms with van der Waals surface area (Å²) in [5.41, 5.74) is 2.32. The van der Waals surface area contributed by atoms with Crippen LogP contribution in [0, 0.1) is 0 Å². The molecule has 1 aromatic heterocycles. The Bertz CT molecular complexity index is 1100. The summed E-state index contributed by atoms with van der Waals surface area (Å²) >= 11 is 9.51. The number of fused-ring (bicyclic) bond motifs is 1. The topological polar surface area (TPSA) is 42.0 Å². The van der Waals surface area contributed by atoms with Gasteiger partial charge in [0.25, 0.3) is 0 Å². The van der Waals surface area contributed by atoms with Gasteiger partial charge in [-0.15, -0.1) is 23.1 Å². The van der Waals surface area contributed by atoms with Crippen LogP contribution in [0.25, 0.3) is 0 Å². The Hall–Kier alpha value is -2.19. The molecule has 2 heterocycles. The first kappa shape index (κ1) is 24.0. The first-order valence-electron chi connectivity index (χ1n) is 10.7. The second-order valence-electron chi connectivity index (χ2n) is 7.93. The highest BCUT2D eigenvalue weighted by atomic mass is 35.5. The summed E-state index contributed by atoms with van der Waals surface area (Å²) in [5.74, 6) is 1.56. The molecule has 2 aromatic carbocycles. The molecule has 0 saturated carbocycles. The van der Waals surface area contributed by atoms with Crippen molar-refractivity contribution in [2.24, 2.45) is 0 Å². The Morgan fingerprint density at radius 1 is 1.12 bits per heavy atom. The first-order chi connectivity index (χ1) is 16.0. The van der Waals surface area contributed by atoms with Crippen LogP contribution in [-0.2, 0) is 11.2 Å². The molecule has 8 heteroatoms. The molecule has 1 unspecified atom stereocenters. The van der Waals surface area contributed by atoms with Gasteiger partial charge in [0.15, 0.2) is 11.5 Å². The van der Waals surface area contributed by atoms with Crippen LogP contribution in [0.2, 0.25) is 5.02 Å². The van der Waals surface area contributed by atoms with E-state index in [1.165, 1.54) is 5.56 Å². The van der Waals surface area contributed by atoms with Crippen LogP contribution < -0.4 is 14.4 Å². The van der Waals surface area contributed by atoms with Gasteiger partial charge in [-0.05, 0) is 60.3 Å². The number of ether oxygens (including phenoxy) is 2. The van der Waals surface area contributed by atoms with Crippen molar-refractivity contribution in [3.05, 3.63) is 70.1 Å². The summed E-state index contributed by atoms with van der Waals surface area (Å²) in [6.07, 6.45) is 0.817. The number of thiophene rings is 1. The molecular formula is C25H27ClN2O3S2. The number of carbonyl (C=O) groups excluding carboxylic acids is 1. The van der Waals surface area contributed by atoms with E-state index in [9.17, 15) is 4.79 Å². The van der Waals surface area contributed by atoms with Crippen LogP contribution in [0.4, 0.5) is 5.00 Å². The first-order valence-corrected chi connectivity index (χ1v) is 12.8. The summed E-state index contributed by atoms with van der Waals surface area (Å²) in [4.78, 5) is 18.5.